The normalized spacial score (nSPS) is 20.2. The molecule has 1 atom stereocenters. The molecule has 6 heteroatoms. The molecule has 0 aromatic heterocycles. The van der Waals surface area contributed by atoms with E-state index in [0.29, 0.717) is 13.1 Å². The maximum atomic E-state index is 13.7. The van der Waals surface area contributed by atoms with Gasteiger partial charge in [-0.2, -0.15) is 0 Å². The molecule has 152 valence electrons. The third-order valence-electron chi connectivity index (χ3n) is 6.14. The number of β-lactam (4-membered cyclic amide) rings is 1. The summed E-state index contributed by atoms with van der Waals surface area (Å²) in [5, 5.41) is 5.23. The van der Waals surface area contributed by atoms with Gasteiger partial charge in [0.1, 0.15) is 5.82 Å². The van der Waals surface area contributed by atoms with Crippen LogP contribution in [0.25, 0.3) is 0 Å². The van der Waals surface area contributed by atoms with Crippen LogP contribution in [-0.2, 0) is 4.79 Å². The maximum absolute atomic E-state index is 13.7. The Morgan fingerprint density at radius 2 is 1.72 bits per heavy atom. The van der Waals surface area contributed by atoms with E-state index in [4.69, 9.17) is 0 Å². The van der Waals surface area contributed by atoms with E-state index >= 15 is 0 Å². The smallest absolute Gasteiger partial charge is 0.319 e. The molecule has 1 aliphatic heterocycles. The molecule has 4 rings (SSSR count). The molecule has 2 aromatic rings. The predicted molar refractivity (Wildman–Crippen MR) is 110 cm³/mol. The molecule has 1 saturated carbocycles. The molecule has 1 unspecified atom stereocenters. The minimum atomic E-state index is -0.482. The van der Waals surface area contributed by atoms with Crippen molar-refractivity contribution in [3.63, 3.8) is 0 Å². The fraction of sp³-hybridized carbons (Fsp3) is 0.391. The topological polar surface area (TPSA) is 61.4 Å². The van der Waals surface area contributed by atoms with Gasteiger partial charge in [0.2, 0.25) is 5.91 Å². The van der Waals surface area contributed by atoms with Gasteiger partial charge in [-0.3, -0.25) is 4.79 Å². The molecular formula is C23H26FN3O2. The van der Waals surface area contributed by atoms with Gasteiger partial charge >= 0.3 is 6.03 Å². The highest BCUT2D eigenvalue weighted by atomic mass is 19.1. The van der Waals surface area contributed by atoms with Gasteiger partial charge in [-0.25, -0.2) is 9.18 Å². The second kappa shape index (κ2) is 8.23. The summed E-state index contributed by atoms with van der Waals surface area (Å²) >= 11 is 0. The molecule has 29 heavy (non-hydrogen) atoms. The largest absolute Gasteiger partial charge is 0.336 e. The summed E-state index contributed by atoms with van der Waals surface area (Å²) in [6.45, 7) is 0.746. The van der Waals surface area contributed by atoms with E-state index in [1.54, 1.807) is 12.1 Å². The summed E-state index contributed by atoms with van der Waals surface area (Å²) < 4.78 is 13.7. The first kappa shape index (κ1) is 19.4. The molecule has 3 amide bonds. The number of carbonyl (C=O) groups is 2. The van der Waals surface area contributed by atoms with Gasteiger partial charge in [0.05, 0.1) is 17.1 Å². The van der Waals surface area contributed by atoms with Gasteiger partial charge in [-0.05, 0) is 30.5 Å². The van der Waals surface area contributed by atoms with Crippen LogP contribution in [0, 0.1) is 11.2 Å². The zero-order chi connectivity index (χ0) is 20.3. The van der Waals surface area contributed by atoms with Crippen LogP contribution in [0.2, 0.25) is 0 Å². The molecule has 1 aliphatic carbocycles. The first-order chi connectivity index (χ1) is 14.1. The summed E-state index contributed by atoms with van der Waals surface area (Å²) in [5.74, 6) is -0.286. The van der Waals surface area contributed by atoms with Crippen molar-refractivity contribution < 1.29 is 14.0 Å². The van der Waals surface area contributed by atoms with Crippen LogP contribution in [0.1, 0.15) is 43.7 Å². The number of benzene rings is 2. The van der Waals surface area contributed by atoms with E-state index in [2.05, 4.69) is 22.8 Å². The van der Waals surface area contributed by atoms with E-state index in [-0.39, 0.29) is 23.1 Å². The third kappa shape index (κ3) is 3.71. The Bertz CT molecular complexity index is 881. The van der Waals surface area contributed by atoms with Gasteiger partial charge in [-0.15, -0.1) is 0 Å². The lowest BCUT2D eigenvalue weighted by atomic mass is 9.60. The molecule has 1 heterocycles. The third-order valence-corrected chi connectivity index (χ3v) is 6.14. The summed E-state index contributed by atoms with van der Waals surface area (Å²) in [6, 6.07) is 15.8. The lowest BCUT2D eigenvalue weighted by Gasteiger charge is -2.58. The van der Waals surface area contributed by atoms with Crippen LogP contribution in [0.15, 0.2) is 54.6 Å². The van der Waals surface area contributed by atoms with Crippen LogP contribution in [0.4, 0.5) is 14.9 Å². The number of nitrogens with zero attached hydrogens (tertiary/aromatic N) is 1. The Hall–Kier alpha value is -2.89. The highest BCUT2D eigenvalue weighted by molar-refractivity contribution is 5.91. The van der Waals surface area contributed by atoms with E-state index < -0.39 is 11.8 Å². The number of rotatable bonds is 5. The van der Waals surface area contributed by atoms with E-state index in [0.717, 1.165) is 31.2 Å². The first-order valence-corrected chi connectivity index (χ1v) is 10.3. The average molecular weight is 395 g/mol. The van der Waals surface area contributed by atoms with E-state index in [1.807, 2.05) is 23.1 Å². The van der Waals surface area contributed by atoms with E-state index in [1.165, 1.54) is 18.6 Å². The van der Waals surface area contributed by atoms with Crippen LogP contribution < -0.4 is 10.6 Å². The van der Waals surface area contributed by atoms with Crippen molar-refractivity contribution in [2.75, 3.05) is 18.4 Å². The monoisotopic (exact) mass is 395 g/mol. The number of para-hydroxylation sites is 1. The molecule has 2 fully saturated rings. The van der Waals surface area contributed by atoms with Crippen LogP contribution in [0.5, 0.6) is 0 Å². The molecule has 0 radical (unpaired) electrons. The Morgan fingerprint density at radius 3 is 2.45 bits per heavy atom. The number of anilines is 1. The van der Waals surface area contributed by atoms with Crippen molar-refractivity contribution in [2.24, 2.45) is 5.41 Å². The summed E-state index contributed by atoms with van der Waals surface area (Å²) in [6.07, 6.45) is 5.24. The molecular weight excluding hydrogens is 369 g/mol. The van der Waals surface area contributed by atoms with Crippen LogP contribution in [-0.4, -0.2) is 29.9 Å². The zero-order valence-electron chi connectivity index (χ0n) is 16.4. The van der Waals surface area contributed by atoms with Crippen LogP contribution >= 0.6 is 0 Å². The van der Waals surface area contributed by atoms with Crippen molar-refractivity contribution in [1.82, 2.24) is 10.2 Å². The maximum Gasteiger partial charge on any atom is 0.319 e. The van der Waals surface area contributed by atoms with Crippen molar-refractivity contribution in [2.45, 2.75) is 38.1 Å². The molecule has 1 spiro atoms. The SMILES string of the molecule is O=C(NCCN1C(=O)C2(CCCCC2)C1c1ccccc1)Nc1ccccc1F. The minimum Gasteiger partial charge on any atom is -0.336 e. The molecule has 5 nitrogen and oxygen atoms in total. The highest BCUT2D eigenvalue weighted by Gasteiger charge is 2.60. The van der Waals surface area contributed by atoms with Gasteiger partial charge in [0.15, 0.2) is 0 Å². The van der Waals surface area contributed by atoms with Crippen LogP contribution in [0.3, 0.4) is 0 Å². The minimum absolute atomic E-state index is 0.0629. The second-order valence-electron chi connectivity index (χ2n) is 7.89. The fourth-order valence-corrected chi connectivity index (χ4v) is 4.81. The molecule has 2 N–H and O–H groups in total. The fourth-order valence-electron chi connectivity index (χ4n) is 4.81. The summed E-state index contributed by atoms with van der Waals surface area (Å²) in [4.78, 5) is 27.0. The molecule has 0 bridgehead atoms. The average Bonchev–Trinajstić information content (AvgIpc) is 2.75. The molecule has 1 saturated heterocycles. The number of hydrogen-bond acceptors (Lipinski definition) is 2. The quantitative estimate of drug-likeness (QED) is 0.733. The number of likely N-dealkylation sites (tertiary alicyclic amines) is 1. The Kier molecular flexibility index (Phi) is 5.51. The lowest BCUT2D eigenvalue weighted by Crippen LogP contribution is -2.64. The Morgan fingerprint density at radius 1 is 1.03 bits per heavy atom. The van der Waals surface area contributed by atoms with Gasteiger partial charge in [-0.1, -0.05) is 61.7 Å². The number of carbonyl (C=O) groups excluding carboxylic acids is 2. The second-order valence-corrected chi connectivity index (χ2v) is 7.89. The van der Waals surface area contributed by atoms with Crippen molar-refractivity contribution in [1.29, 1.82) is 0 Å². The van der Waals surface area contributed by atoms with Gasteiger partial charge in [0, 0.05) is 13.1 Å². The number of nitrogens with one attached hydrogen (secondary N) is 2. The van der Waals surface area contributed by atoms with Crippen molar-refractivity contribution in [3.05, 3.63) is 66.0 Å². The first-order valence-electron chi connectivity index (χ1n) is 10.3. The van der Waals surface area contributed by atoms with E-state index in [9.17, 15) is 14.0 Å². The van der Waals surface area contributed by atoms with Gasteiger partial charge < -0.3 is 15.5 Å². The number of hydrogen-bond donors (Lipinski definition) is 2. The summed E-state index contributed by atoms with van der Waals surface area (Å²) in [5.41, 5.74) is 1.01. The summed E-state index contributed by atoms with van der Waals surface area (Å²) in [7, 11) is 0. The number of halogens is 1. The number of urea groups is 1. The van der Waals surface area contributed by atoms with Crippen molar-refractivity contribution in [3.8, 4) is 0 Å². The molecule has 2 aromatic carbocycles. The molecule has 2 aliphatic rings. The standard InChI is InChI=1S/C23H26FN3O2/c24-18-11-5-6-12-19(18)26-22(29)25-15-16-27-20(17-9-3-1-4-10-17)23(21(27)28)13-7-2-8-14-23/h1,3-6,9-12,20H,2,7-8,13-16H2,(H2,25,26,29). The number of amides is 3. The Balaban J connectivity index is 1.39. The zero-order valence-corrected chi connectivity index (χ0v) is 16.4. The van der Waals surface area contributed by atoms with Gasteiger partial charge in [0.25, 0.3) is 0 Å². The Labute approximate surface area is 170 Å². The van der Waals surface area contributed by atoms with Crippen molar-refractivity contribution >= 4 is 17.6 Å². The lowest BCUT2D eigenvalue weighted by molar-refractivity contribution is -0.178. The predicted octanol–water partition coefficient (Wildman–Crippen LogP) is 4.48. The highest BCUT2D eigenvalue weighted by Crippen LogP contribution is 2.57.